The van der Waals surface area contributed by atoms with E-state index >= 15 is 0 Å². The number of aliphatic hydroxyl groups is 1. The second-order valence-electron chi connectivity index (χ2n) is 4.33. The SMILES string of the molecule is [2H]C1([2H])O[C@H]2O[C@@H]1[C@@H](O)[C@H](C(C)C)[C@@H]2C. The van der Waals surface area contributed by atoms with Gasteiger partial charge in [0.2, 0.25) is 0 Å². The minimum Gasteiger partial charge on any atom is -0.390 e. The minimum absolute atomic E-state index is 0.0221. The summed E-state index contributed by atoms with van der Waals surface area (Å²) < 4.78 is 25.8. The minimum atomic E-state index is -1.86. The Hall–Kier alpha value is -0.120. The van der Waals surface area contributed by atoms with E-state index in [0.29, 0.717) is 5.92 Å². The Kier molecular flexibility index (Phi) is 1.79. The van der Waals surface area contributed by atoms with E-state index in [1.807, 2.05) is 20.8 Å². The van der Waals surface area contributed by atoms with Crippen molar-refractivity contribution in [3.63, 3.8) is 0 Å². The second kappa shape index (κ2) is 3.23. The van der Waals surface area contributed by atoms with Crippen molar-refractivity contribution in [3.8, 4) is 0 Å². The smallest absolute Gasteiger partial charge is 0.161 e. The molecule has 1 N–H and O–H groups in total. The summed E-state index contributed by atoms with van der Waals surface area (Å²) in [6.07, 6.45) is -2.14. The van der Waals surface area contributed by atoms with E-state index in [-0.39, 0.29) is 11.8 Å². The largest absolute Gasteiger partial charge is 0.390 e. The van der Waals surface area contributed by atoms with Crippen molar-refractivity contribution in [2.45, 2.75) is 39.3 Å². The summed E-state index contributed by atoms with van der Waals surface area (Å²) >= 11 is 0. The van der Waals surface area contributed by atoms with Gasteiger partial charge in [0.1, 0.15) is 6.10 Å². The number of fused-ring (bicyclic) bond motifs is 2. The van der Waals surface area contributed by atoms with Crippen LogP contribution in [0, 0.1) is 17.8 Å². The lowest BCUT2D eigenvalue weighted by atomic mass is 9.77. The van der Waals surface area contributed by atoms with Crippen LogP contribution in [-0.4, -0.2) is 30.2 Å². The molecule has 0 spiro atoms. The fraction of sp³-hybridized carbons (Fsp3) is 1.00. The first-order valence-corrected chi connectivity index (χ1v) is 4.86. The molecule has 3 heteroatoms. The summed E-state index contributed by atoms with van der Waals surface area (Å²) in [5, 5.41) is 10.1. The zero-order valence-electron chi connectivity index (χ0n) is 10.2. The van der Waals surface area contributed by atoms with Crippen LogP contribution in [0.15, 0.2) is 0 Å². The van der Waals surface area contributed by atoms with Gasteiger partial charge in [-0.1, -0.05) is 20.8 Å². The molecule has 76 valence electrons. The average molecular weight is 188 g/mol. The van der Waals surface area contributed by atoms with Gasteiger partial charge >= 0.3 is 0 Å². The lowest BCUT2D eigenvalue weighted by molar-refractivity contribution is -0.185. The van der Waals surface area contributed by atoms with Crippen molar-refractivity contribution in [2.75, 3.05) is 6.56 Å². The fourth-order valence-electron chi connectivity index (χ4n) is 2.41. The van der Waals surface area contributed by atoms with Crippen molar-refractivity contribution in [1.29, 1.82) is 0 Å². The van der Waals surface area contributed by atoms with Crippen molar-refractivity contribution >= 4 is 0 Å². The molecule has 0 unspecified atom stereocenters. The molecule has 2 saturated heterocycles. The average Bonchev–Trinajstić information content (AvgIpc) is 2.36. The maximum absolute atomic E-state index is 10.1. The molecule has 0 aliphatic carbocycles. The Morgan fingerprint density at radius 3 is 2.85 bits per heavy atom. The number of ether oxygens (including phenoxy) is 2. The van der Waals surface area contributed by atoms with Crippen LogP contribution >= 0.6 is 0 Å². The van der Waals surface area contributed by atoms with Gasteiger partial charge in [-0.3, -0.25) is 0 Å². The van der Waals surface area contributed by atoms with Crippen LogP contribution in [0.4, 0.5) is 0 Å². The number of aliphatic hydroxyl groups excluding tert-OH is 1. The second-order valence-corrected chi connectivity index (χ2v) is 4.33. The van der Waals surface area contributed by atoms with Crippen LogP contribution in [0.5, 0.6) is 0 Å². The van der Waals surface area contributed by atoms with E-state index in [4.69, 9.17) is 12.2 Å². The molecular formula is C10H18O3. The van der Waals surface area contributed by atoms with Crippen molar-refractivity contribution in [2.24, 2.45) is 17.8 Å². The Morgan fingerprint density at radius 1 is 1.54 bits per heavy atom. The standard InChI is InChI=1S/C10H18O3/c1-5(2)8-6(3)10-12-4-7(13-10)9(8)11/h5-11H,4H2,1-3H3/t6-,7-,8+,9+,10-/m0/s1/i4D2. The van der Waals surface area contributed by atoms with Crippen LogP contribution < -0.4 is 0 Å². The molecule has 2 heterocycles. The van der Waals surface area contributed by atoms with Gasteiger partial charge in [-0.25, -0.2) is 0 Å². The highest BCUT2D eigenvalue weighted by atomic mass is 16.7. The third-order valence-corrected chi connectivity index (χ3v) is 3.09. The third kappa shape index (κ3) is 1.39. The molecule has 0 aromatic rings. The number of hydrogen-bond donors (Lipinski definition) is 1. The van der Waals surface area contributed by atoms with Crippen LogP contribution in [0.2, 0.25) is 0 Å². The Balaban J connectivity index is 2.27. The highest BCUT2D eigenvalue weighted by Gasteiger charge is 2.48. The zero-order valence-corrected chi connectivity index (χ0v) is 8.23. The first-order valence-electron chi connectivity index (χ1n) is 5.86. The number of hydrogen-bond acceptors (Lipinski definition) is 3. The quantitative estimate of drug-likeness (QED) is 0.667. The molecule has 2 aliphatic rings. The lowest BCUT2D eigenvalue weighted by Crippen LogP contribution is -2.47. The first kappa shape index (κ1) is 7.21. The normalized spacial score (nSPS) is 56.2. The van der Waals surface area contributed by atoms with Gasteiger partial charge in [-0.15, -0.1) is 0 Å². The molecule has 13 heavy (non-hydrogen) atoms. The van der Waals surface area contributed by atoms with E-state index < -0.39 is 25.1 Å². The van der Waals surface area contributed by atoms with E-state index in [1.54, 1.807) is 0 Å². The molecular weight excluding hydrogens is 168 g/mol. The maximum Gasteiger partial charge on any atom is 0.161 e. The Bertz CT molecular complexity index is 257. The highest BCUT2D eigenvalue weighted by Crippen LogP contribution is 2.39. The van der Waals surface area contributed by atoms with E-state index in [1.165, 1.54) is 0 Å². The topological polar surface area (TPSA) is 38.7 Å². The van der Waals surface area contributed by atoms with Crippen molar-refractivity contribution < 1.29 is 17.3 Å². The summed E-state index contributed by atoms with van der Waals surface area (Å²) in [6, 6.07) is 0. The molecule has 2 aliphatic heterocycles. The summed E-state index contributed by atoms with van der Waals surface area (Å²) in [5.74, 6) is 0.349. The van der Waals surface area contributed by atoms with E-state index in [0.717, 1.165) is 0 Å². The number of rotatable bonds is 1. The fourth-order valence-corrected chi connectivity index (χ4v) is 2.41. The summed E-state index contributed by atoms with van der Waals surface area (Å²) in [7, 11) is 0. The van der Waals surface area contributed by atoms with Gasteiger partial charge in [0, 0.05) is 5.92 Å². The molecule has 5 atom stereocenters. The van der Waals surface area contributed by atoms with Gasteiger partial charge in [0.05, 0.1) is 15.4 Å². The first-order chi connectivity index (χ1) is 6.84. The van der Waals surface area contributed by atoms with E-state index in [9.17, 15) is 5.11 Å². The van der Waals surface area contributed by atoms with Crippen molar-refractivity contribution in [1.82, 2.24) is 0 Å². The molecule has 0 saturated carbocycles. The van der Waals surface area contributed by atoms with Gasteiger partial charge in [-0.2, -0.15) is 0 Å². The predicted octanol–water partition coefficient (Wildman–Crippen LogP) is 1.01. The zero-order chi connectivity index (χ0) is 11.4. The Morgan fingerprint density at radius 2 is 2.23 bits per heavy atom. The van der Waals surface area contributed by atoms with E-state index in [2.05, 4.69) is 0 Å². The molecule has 2 fully saturated rings. The molecule has 0 radical (unpaired) electrons. The summed E-state index contributed by atoms with van der Waals surface area (Å²) in [5.41, 5.74) is 0. The van der Waals surface area contributed by atoms with Crippen LogP contribution in [0.3, 0.4) is 0 Å². The monoisotopic (exact) mass is 188 g/mol. The Labute approximate surface area is 81.8 Å². The molecule has 0 amide bonds. The summed E-state index contributed by atoms with van der Waals surface area (Å²) in [6.45, 7) is 4.15. The van der Waals surface area contributed by atoms with Gasteiger partial charge < -0.3 is 14.6 Å². The molecule has 2 bridgehead atoms. The predicted molar refractivity (Wildman–Crippen MR) is 48.1 cm³/mol. The molecule has 3 nitrogen and oxygen atoms in total. The van der Waals surface area contributed by atoms with Gasteiger partial charge in [0.25, 0.3) is 0 Å². The highest BCUT2D eigenvalue weighted by molar-refractivity contribution is 4.91. The van der Waals surface area contributed by atoms with Crippen LogP contribution in [-0.2, 0) is 9.47 Å². The molecule has 2 rings (SSSR count). The van der Waals surface area contributed by atoms with Gasteiger partial charge in [-0.05, 0) is 11.8 Å². The van der Waals surface area contributed by atoms with Crippen molar-refractivity contribution in [3.05, 3.63) is 0 Å². The molecule has 0 aromatic heterocycles. The third-order valence-electron chi connectivity index (χ3n) is 3.09. The van der Waals surface area contributed by atoms with Crippen LogP contribution in [0.1, 0.15) is 23.5 Å². The summed E-state index contributed by atoms with van der Waals surface area (Å²) in [4.78, 5) is 0. The molecule has 0 aromatic carbocycles. The maximum atomic E-state index is 10.1. The lowest BCUT2D eigenvalue weighted by Gasteiger charge is -2.39. The van der Waals surface area contributed by atoms with Crippen LogP contribution in [0.25, 0.3) is 0 Å². The van der Waals surface area contributed by atoms with Gasteiger partial charge in [0.15, 0.2) is 6.29 Å².